The fraction of sp³-hybridized carbons (Fsp3) is 0.273. The lowest BCUT2D eigenvalue weighted by molar-refractivity contribution is -0.136. The number of hydrogen-bond donors (Lipinski definition) is 1. The lowest BCUT2D eigenvalue weighted by Gasteiger charge is -2.04. The van der Waals surface area contributed by atoms with E-state index in [0.29, 0.717) is 16.1 Å². The summed E-state index contributed by atoms with van der Waals surface area (Å²) in [5.74, 6) is -0.659. The van der Waals surface area contributed by atoms with Crippen LogP contribution in [0.15, 0.2) is 18.2 Å². The molecule has 1 aromatic rings. The van der Waals surface area contributed by atoms with Gasteiger partial charge in [-0.05, 0) is 17.7 Å². The van der Waals surface area contributed by atoms with Crippen molar-refractivity contribution in [2.75, 3.05) is 5.75 Å². The zero-order valence-electron chi connectivity index (χ0n) is 8.85. The van der Waals surface area contributed by atoms with Crippen LogP contribution in [0.4, 0.5) is 0 Å². The Morgan fingerprint density at radius 1 is 1.53 bits per heavy atom. The Morgan fingerprint density at radius 3 is 2.76 bits per heavy atom. The molecule has 1 N–H and O–H groups in total. The molecule has 0 radical (unpaired) electrons. The van der Waals surface area contributed by atoms with E-state index in [1.54, 1.807) is 12.1 Å². The summed E-state index contributed by atoms with van der Waals surface area (Å²) in [6, 6.07) is 6.69. The van der Waals surface area contributed by atoms with Crippen molar-refractivity contribution in [2.45, 2.75) is 12.2 Å². The van der Waals surface area contributed by atoms with Gasteiger partial charge in [-0.25, -0.2) is 0 Å². The van der Waals surface area contributed by atoms with Crippen LogP contribution >= 0.6 is 11.6 Å². The highest BCUT2D eigenvalue weighted by atomic mass is 35.5. The second-order valence-corrected chi connectivity index (χ2v) is 5.33. The first-order chi connectivity index (χ1) is 8.02. The van der Waals surface area contributed by atoms with Crippen LogP contribution in [0.3, 0.4) is 0 Å². The van der Waals surface area contributed by atoms with Gasteiger partial charge in [-0.2, -0.15) is 5.26 Å². The Balaban J connectivity index is 2.66. The molecule has 1 unspecified atom stereocenters. The number of nitrogens with zero attached hydrogens (tertiary/aromatic N) is 1. The third-order valence-electron chi connectivity index (χ3n) is 2.04. The van der Waals surface area contributed by atoms with E-state index in [2.05, 4.69) is 0 Å². The Bertz CT molecular complexity index is 496. The van der Waals surface area contributed by atoms with E-state index in [0.717, 1.165) is 0 Å². The van der Waals surface area contributed by atoms with Crippen molar-refractivity contribution >= 4 is 28.4 Å². The van der Waals surface area contributed by atoms with Crippen LogP contribution in [0.2, 0.25) is 5.02 Å². The van der Waals surface area contributed by atoms with Gasteiger partial charge in [0.1, 0.15) is 0 Å². The average molecular weight is 272 g/mol. The van der Waals surface area contributed by atoms with Gasteiger partial charge in [0.15, 0.2) is 0 Å². The van der Waals surface area contributed by atoms with Crippen molar-refractivity contribution < 1.29 is 14.1 Å². The summed E-state index contributed by atoms with van der Waals surface area (Å²) in [7, 11) is -1.26. The van der Waals surface area contributed by atoms with Crippen LogP contribution < -0.4 is 0 Å². The largest absolute Gasteiger partial charge is 0.481 e. The van der Waals surface area contributed by atoms with E-state index < -0.39 is 16.8 Å². The molecule has 0 aromatic heterocycles. The standard InChI is InChI=1S/C11H10ClNO3S/c12-10-5-8(6-13)1-2-9(10)7-17(16)4-3-11(14)15/h1-2,5H,3-4,7H2,(H,14,15). The second-order valence-electron chi connectivity index (χ2n) is 3.35. The van der Waals surface area contributed by atoms with Crippen LogP contribution in [-0.4, -0.2) is 21.0 Å². The topological polar surface area (TPSA) is 78.2 Å². The van der Waals surface area contributed by atoms with Crippen LogP contribution in [0, 0.1) is 11.3 Å². The van der Waals surface area contributed by atoms with Crippen molar-refractivity contribution in [3.05, 3.63) is 34.3 Å². The molecule has 0 fully saturated rings. The fourth-order valence-corrected chi connectivity index (χ4v) is 2.65. The van der Waals surface area contributed by atoms with Gasteiger partial charge in [0, 0.05) is 21.6 Å². The van der Waals surface area contributed by atoms with Gasteiger partial charge >= 0.3 is 5.97 Å². The molecule has 17 heavy (non-hydrogen) atoms. The number of carboxylic acid groups (broad SMARTS) is 1. The average Bonchev–Trinajstić information content (AvgIpc) is 2.29. The molecule has 90 valence electrons. The normalized spacial score (nSPS) is 11.8. The summed E-state index contributed by atoms with van der Waals surface area (Å²) in [5, 5.41) is 17.5. The molecule has 6 heteroatoms. The van der Waals surface area contributed by atoms with Gasteiger partial charge < -0.3 is 5.11 Å². The Morgan fingerprint density at radius 2 is 2.24 bits per heavy atom. The summed E-state index contributed by atoms with van der Waals surface area (Å²) in [5.41, 5.74) is 1.10. The summed E-state index contributed by atoms with van der Waals surface area (Å²) < 4.78 is 11.5. The van der Waals surface area contributed by atoms with Crippen molar-refractivity contribution in [3.8, 4) is 6.07 Å². The Hall–Kier alpha value is -1.38. The number of carbonyl (C=O) groups is 1. The third kappa shape index (κ3) is 4.55. The summed E-state index contributed by atoms with van der Waals surface area (Å²) in [4.78, 5) is 10.3. The fourth-order valence-electron chi connectivity index (χ4n) is 1.18. The van der Waals surface area contributed by atoms with E-state index in [1.165, 1.54) is 6.07 Å². The number of hydrogen-bond acceptors (Lipinski definition) is 3. The van der Waals surface area contributed by atoms with Gasteiger partial charge in [-0.15, -0.1) is 0 Å². The first kappa shape index (κ1) is 13.7. The van der Waals surface area contributed by atoms with Crippen LogP contribution in [0.25, 0.3) is 0 Å². The van der Waals surface area contributed by atoms with E-state index in [1.807, 2.05) is 6.07 Å². The smallest absolute Gasteiger partial charge is 0.304 e. The predicted octanol–water partition coefficient (Wildman–Crippen LogP) is 1.94. The van der Waals surface area contributed by atoms with E-state index in [-0.39, 0.29) is 17.9 Å². The molecular formula is C11H10ClNO3S. The summed E-state index contributed by atoms with van der Waals surface area (Å²) in [6.07, 6.45) is -0.124. The van der Waals surface area contributed by atoms with Crippen molar-refractivity contribution in [3.63, 3.8) is 0 Å². The molecule has 0 spiro atoms. The Labute approximate surface area is 106 Å². The number of halogens is 1. The zero-order valence-corrected chi connectivity index (χ0v) is 10.4. The molecular weight excluding hydrogens is 262 g/mol. The minimum atomic E-state index is -1.26. The van der Waals surface area contributed by atoms with Crippen LogP contribution in [-0.2, 0) is 21.3 Å². The van der Waals surface area contributed by atoms with E-state index in [9.17, 15) is 9.00 Å². The summed E-state index contributed by atoms with van der Waals surface area (Å²) in [6.45, 7) is 0. The SMILES string of the molecule is N#Cc1ccc(CS(=O)CCC(=O)O)c(Cl)c1. The summed E-state index contributed by atoms with van der Waals surface area (Å²) >= 11 is 5.91. The lowest BCUT2D eigenvalue weighted by Crippen LogP contribution is -2.06. The van der Waals surface area contributed by atoms with Gasteiger partial charge in [0.2, 0.25) is 0 Å². The number of carboxylic acids is 1. The number of rotatable bonds is 5. The molecule has 1 aromatic carbocycles. The molecule has 0 aliphatic rings. The lowest BCUT2D eigenvalue weighted by atomic mass is 10.2. The minimum Gasteiger partial charge on any atom is -0.481 e. The highest BCUT2D eigenvalue weighted by Crippen LogP contribution is 2.19. The molecule has 1 rings (SSSR count). The molecule has 0 aliphatic heterocycles. The maximum absolute atomic E-state index is 11.5. The number of aliphatic carboxylic acids is 1. The van der Waals surface area contributed by atoms with E-state index in [4.69, 9.17) is 22.0 Å². The molecule has 0 bridgehead atoms. The molecule has 0 aliphatic carbocycles. The maximum atomic E-state index is 11.5. The molecule has 0 saturated heterocycles. The predicted molar refractivity (Wildman–Crippen MR) is 65.1 cm³/mol. The first-order valence-corrected chi connectivity index (χ1v) is 6.65. The molecule has 0 amide bonds. The van der Waals surface area contributed by atoms with Crippen molar-refractivity contribution in [2.24, 2.45) is 0 Å². The third-order valence-corrected chi connectivity index (χ3v) is 3.69. The minimum absolute atomic E-state index is 0.103. The molecule has 4 nitrogen and oxygen atoms in total. The van der Waals surface area contributed by atoms with Crippen LogP contribution in [0.1, 0.15) is 17.5 Å². The second kappa shape index (κ2) is 6.38. The molecule has 0 saturated carbocycles. The quantitative estimate of drug-likeness (QED) is 0.888. The number of nitriles is 1. The molecule has 0 heterocycles. The van der Waals surface area contributed by atoms with Gasteiger partial charge in [0.25, 0.3) is 0 Å². The highest BCUT2D eigenvalue weighted by Gasteiger charge is 2.08. The van der Waals surface area contributed by atoms with Gasteiger partial charge in [-0.3, -0.25) is 9.00 Å². The van der Waals surface area contributed by atoms with Gasteiger partial charge in [0.05, 0.1) is 23.8 Å². The van der Waals surface area contributed by atoms with Crippen molar-refractivity contribution in [1.29, 1.82) is 5.26 Å². The van der Waals surface area contributed by atoms with Gasteiger partial charge in [-0.1, -0.05) is 17.7 Å². The first-order valence-electron chi connectivity index (χ1n) is 4.78. The van der Waals surface area contributed by atoms with E-state index >= 15 is 0 Å². The monoisotopic (exact) mass is 271 g/mol. The zero-order chi connectivity index (χ0) is 12.8. The van der Waals surface area contributed by atoms with Crippen molar-refractivity contribution in [1.82, 2.24) is 0 Å². The van der Waals surface area contributed by atoms with Crippen LogP contribution in [0.5, 0.6) is 0 Å². The highest BCUT2D eigenvalue weighted by molar-refractivity contribution is 7.84. The molecule has 1 atom stereocenters. The maximum Gasteiger partial charge on any atom is 0.304 e. The Kier molecular flexibility index (Phi) is 5.13. The number of benzene rings is 1.